The number of carbonyl (C=O) groups is 1. The highest BCUT2D eigenvalue weighted by Crippen LogP contribution is 2.24. The largest absolute Gasteiger partial charge is 0.493 e. The standard InChI is InChI=1S/C14H18BNO3/c1-14(2)8-18-15(19-9-14)11-4-5-12-10(7-11)3-6-13(17)16-12/h4-5,7H,3,6,8-9H2,1-2H3,(H,16,17). The molecular formula is C14H18BNO3. The molecule has 2 heterocycles. The van der Waals surface area contributed by atoms with Gasteiger partial charge in [0.05, 0.1) is 0 Å². The molecule has 100 valence electrons. The fraction of sp³-hybridized carbons (Fsp3) is 0.500. The summed E-state index contributed by atoms with van der Waals surface area (Å²) in [4.78, 5) is 11.3. The van der Waals surface area contributed by atoms with Crippen molar-refractivity contribution in [3.05, 3.63) is 23.8 Å². The van der Waals surface area contributed by atoms with Crippen LogP contribution >= 0.6 is 0 Å². The van der Waals surface area contributed by atoms with Crippen LogP contribution in [-0.2, 0) is 20.5 Å². The Morgan fingerprint density at radius 3 is 2.68 bits per heavy atom. The van der Waals surface area contributed by atoms with E-state index in [1.54, 1.807) is 0 Å². The third-order valence-corrected chi connectivity index (χ3v) is 3.55. The average Bonchev–Trinajstić information content (AvgIpc) is 2.38. The van der Waals surface area contributed by atoms with Crippen LogP contribution in [0.5, 0.6) is 0 Å². The van der Waals surface area contributed by atoms with E-state index in [4.69, 9.17) is 9.31 Å². The zero-order chi connectivity index (χ0) is 13.5. The molecule has 2 aliphatic rings. The summed E-state index contributed by atoms with van der Waals surface area (Å²) in [6.45, 7) is 5.66. The molecule has 1 amide bonds. The number of aryl methyl sites for hydroxylation is 1. The Labute approximate surface area is 113 Å². The lowest BCUT2D eigenvalue weighted by Gasteiger charge is -2.33. The minimum atomic E-state index is -0.282. The summed E-state index contributed by atoms with van der Waals surface area (Å²) in [6.07, 6.45) is 1.34. The van der Waals surface area contributed by atoms with Crippen LogP contribution < -0.4 is 10.8 Å². The van der Waals surface area contributed by atoms with E-state index in [1.165, 1.54) is 0 Å². The molecule has 0 aromatic heterocycles. The van der Waals surface area contributed by atoms with Gasteiger partial charge in [-0.3, -0.25) is 4.79 Å². The lowest BCUT2D eigenvalue weighted by Crippen LogP contribution is -2.47. The molecule has 5 heteroatoms. The SMILES string of the molecule is CC1(C)COB(c2ccc3c(c2)CCC(=O)N3)OC1. The van der Waals surface area contributed by atoms with E-state index >= 15 is 0 Å². The van der Waals surface area contributed by atoms with E-state index in [0.717, 1.165) is 23.1 Å². The van der Waals surface area contributed by atoms with Gasteiger partial charge in [0.2, 0.25) is 5.91 Å². The highest BCUT2D eigenvalue weighted by molar-refractivity contribution is 6.61. The molecule has 3 rings (SSSR count). The van der Waals surface area contributed by atoms with E-state index < -0.39 is 0 Å². The van der Waals surface area contributed by atoms with Crippen LogP contribution in [0.1, 0.15) is 25.8 Å². The molecule has 4 nitrogen and oxygen atoms in total. The Hall–Kier alpha value is -1.33. The molecule has 19 heavy (non-hydrogen) atoms. The van der Waals surface area contributed by atoms with Crippen molar-refractivity contribution in [3.8, 4) is 0 Å². The monoisotopic (exact) mass is 259 g/mol. The summed E-state index contributed by atoms with van der Waals surface area (Å²) in [5.41, 5.74) is 3.19. The topological polar surface area (TPSA) is 47.6 Å². The lowest BCUT2D eigenvalue weighted by molar-refractivity contribution is -0.116. The quantitative estimate of drug-likeness (QED) is 0.774. The molecule has 1 aromatic rings. The summed E-state index contributed by atoms with van der Waals surface area (Å²) in [7, 11) is -0.282. The summed E-state index contributed by atoms with van der Waals surface area (Å²) < 4.78 is 11.6. The Kier molecular flexibility index (Phi) is 3.11. The second kappa shape index (κ2) is 4.65. The van der Waals surface area contributed by atoms with E-state index in [2.05, 4.69) is 25.2 Å². The molecule has 1 fully saturated rings. The number of hydrogen-bond donors (Lipinski definition) is 1. The maximum Gasteiger partial charge on any atom is 0.493 e. The fourth-order valence-corrected chi connectivity index (χ4v) is 2.43. The first kappa shape index (κ1) is 12.7. The highest BCUT2D eigenvalue weighted by Gasteiger charge is 2.33. The smallest absolute Gasteiger partial charge is 0.407 e. The molecule has 1 aromatic carbocycles. The van der Waals surface area contributed by atoms with Crippen LogP contribution in [0.3, 0.4) is 0 Å². The van der Waals surface area contributed by atoms with Crippen LogP contribution in [0, 0.1) is 5.41 Å². The number of fused-ring (bicyclic) bond motifs is 1. The van der Waals surface area contributed by atoms with Gasteiger partial charge in [-0.15, -0.1) is 0 Å². The number of amides is 1. The number of nitrogens with one attached hydrogen (secondary N) is 1. The molecule has 0 unspecified atom stereocenters. The van der Waals surface area contributed by atoms with Gasteiger partial charge in [0.1, 0.15) is 0 Å². The van der Waals surface area contributed by atoms with Crippen molar-refractivity contribution in [2.75, 3.05) is 18.5 Å². The number of benzene rings is 1. The first-order valence-electron chi connectivity index (χ1n) is 6.69. The number of hydrogen-bond acceptors (Lipinski definition) is 3. The first-order valence-corrected chi connectivity index (χ1v) is 6.69. The zero-order valence-corrected chi connectivity index (χ0v) is 11.4. The Morgan fingerprint density at radius 2 is 1.95 bits per heavy atom. The number of anilines is 1. The van der Waals surface area contributed by atoms with E-state index in [1.807, 2.05) is 12.1 Å². The molecule has 1 N–H and O–H groups in total. The highest BCUT2D eigenvalue weighted by atomic mass is 16.6. The van der Waals surface area contributed by atoms with E-state index in [-0.39, 0.29) is 18.4 Å². The molecule has 1 saturated heterocycles. The minimum Gasteiger partial charge on any atom is -0.407 e. The molecule has 0 bridgehead atoms. The minimum absolute atomic E-state index is 0.0820. The van der Waals surface area contributed by atoms with Crippen molar-refractivity contribution in [3.63, 3.8) is 0 Å². The van der Waals surface area contributed by atoms with Gasteiger partial charge in [-0.1, -0.05) is 26.0 Å². The van der Waals surface area contributed by atoms with Gasteiger partial charge in [0.15, 0.2) is 0 Å². The third kappa shape index (κ3) is 2.67. The number of rotatable bonds is 1. The molecule has 0 aliphatic carbocycles. The van der Waals surface area contributed by atoms with Gasteiger partial charge in [0.25, 0.3) is 0 Å². The van der Waals surface area contributed by atoms with Gasteiger partial charge in [0, 0.05) is 30.7 Å². The van der Waals surface area contributed by atoms with Crippen LogP contribution in [-0.4, -0.2) is 26.2 Å². The maximum atomic E-state index is 11.3. The molecule has 0 spiro atoms. The second-order valence-corrected chi connectivity index (χ2v) is 6.08. The molecule has 0 saturated carbocycles. The van der Waals surface area contributed by atoms with Gasteiger partial charge < -0.3 is 14.6 Å². The number of carbonyl (C=O) groups excluding carboxylic acids is 1. The molecular weight excluding hydrogens is 241 g/mol. The van der Waals surface area contributed by atoms with Gasteiger partial charge in [-0.2, -0.15) is 0 Å². The van der Waals surface area contributed by atoms with E-state index in [9.17, 15) is 4.79 Å². The Balaban J connectivity index is 1.78. The van der Waals surface area contributed by atoms with Crippen LogP contribution in [0.15, 0.2) is 18.2 Å². The summed E-state index contributed by atoms with van der Waals surface area (Å²) >= 11 is 0. The summed E-state index contributed by atoms with van der Waals surface area (Å²) in [5.74, 6) is 0.0900. The normalized spacial score (nSPS) is 21.8. The predicted octanol–water partition coefficient (Wildman–Crippen LogP) is 1.34. The maximum absolute atomic E-state index is 11.3. The Bertz CT molecular complexity index is 505. The van der Waals surface area contributed by atoms with Gasteiger partial charge in [-0.05, 0) is 23.5 Å². The third-order valence-electron chi connectivity index (χ3n) is 3.55. The van der Waals surface area contributed by atoms with Crippen molar-refractivity contribution in [1.82, 2.24) is 0 Å². The zero-order valence-electron chi connectivity index (χ0n) is 11.4. The van der Waals surface area contributed by atoms with Crippen molar-refractivity contribution < 1.29 is 14.1 Å². The fourth-order valence-electron chi connectivity index (χ4n) is 2.43. The van der Waals surface area contributed by atoms with Crippen molar-refractivity contribution >= 4 is 24.2 Å². The van der Waals surface area contributed by atoms with Crippen molar-refractivity contribution in [2.24, 2.45) is 5.41 Å². The lowest BCUT2D eigenvalue weighted by atomic mass is 9.75. The van der Waals surface area contributed by atoms with Crippen LogP contribution in [0.2, 0.25) is 0 Å². The Morgan fingerprint density at radius 1 is 1.21 bits per heavy atom. The van der Waals surface area contributed by atoms with Gasteiger partial charge in [-0.25, -0.2) is 0 Å². The average molecular weight is 259 g/mol. The van der Waals surface area contributed by atoms with Gasteiger partial charge >= 0.3 is 7.12 Å². The first-order chi connectivity index (χ1) is 9.03. The molecule has 2 aliphatic heterocycles. The van der Waals surface area contributed by atoms with Crippen LogP contribution in [0.4, 0.5) is 5.69 Å². The molecule has 0 radical (unpaired) electrons. The van der Waals surface area contributed by atoms with Crippen LogP contribution in [0.25, 0.3) is 0 Å². The second-order valence-electron chi connectivity index (χ2n) is 6.08. The molecule has 0 atom stereocenters. The van der Waals surface area contributed by atoms with Crippen molar-refractivity contribution in [2.45, 2.75) is 26.7 Å². The predicted molar refractivity (Wildman–Crippen MR) is 74.5 cm³/mol. The summed E-state index contributed by atoms with van der Waals surface area (Å²) in [6, 6.07) is 5.99. The van der Waals surface area contributed by atoms with E-state index in [0.29, 0.717) is 19.6 Å². The van der Waals surface area contributed by atoms with Crippen molar-refractivity contribution in [1.29, 1.82) is 0 Å². The summed E-state index contributed by atoms with van der Waals surface area (Å²) in [5, 5.41) is 2.88.